The molecular weight excluding hydrogens is 272 g/mol. The van der Waals surface area contributed by atoms with Gasteiger partial charge in [-0.05, 0) is 0 Å². The second kappa shape index (κ2) is 5.11. The minimum Gasteiger partial charge on any atom is -0.476 e. The highest BCUT2D eigenvalue weighted by atomic mass is 35.5. The second-order valence-corrected chi connectivity index (χ2v) is 4.04. The van der Waals surface area contributed by atoms with Crippen LogP contribution in [0.25, 0.3) is 0 Å². The van der Waals surface area contributed by atoms with Gasteiger partial charge in [-0.3, -0.25) is 4.68 Å². The van der Waals surface area contributed by atoms with E-state index in [1.54, 1.807) is 14.1 Å². The van der Waals surface area contributed by atoms with Crippen LogP contribution in [0.1, 0.15) is 10.5 Å². The van der Waals surface area contributed by atoms with Crippen LogP contribution in [-0.2, 0) is 7.05 Å². The first-order chi connectivity index (χ1) is 9.01. The first-order valence-corrected chi connectivity index (χ1v) is 5.63. The molecule has 0 fully saturated rings. The van der Waals surface area contributed by atoms with Crippen LogP contribution in [0.2, 0.25) is 5.02 Å². The van der Waals surface area contributed by atoms with Gasteiger partial charge in [0.15, 0.2) is 5.69 Å². The number of carboxylic acids is 1. The Morgan fingerprint density at radius 2 is 2.26 bits per heavy atom. The van der Waals surface area contributed by atoms with Gasteiger partial charge < -0.3 is 15.7 Å². The Balaban J connectivity index is 2.33. The third-order valence-electron chi connectivity index (χ3n) is 2.26. The molecule has 0 aromatic carbocycles. The van der Waals surface area contributed by atoms with Crippen molar-refractivity contribution in [3.05, 3.63) is 23.1 Å². The molecule has 0 amide bonds. The number of aromatic carboxylic acids is 1. The van der Waals surface area contributed by atoms with Gasteiger partial charge in [0, 0.05) is 20.3 Å². The van der Waals surface area contributed by atoms with E-state index in [1.807, 2.05) is 0 Å². The molecule has 8 nitrogen and oxygen atoms in total. The number of hydrogen-bond acceptors (Lipinski definition) is 6. The Kier molecular flexibility index (Phi) is 3.52. The molecule has 0 radical (unpaired) electrons. The zero-order valence-corrected chi connectivity index (χ0v) is 10.9. The van der Waals surface area contributed by atoms with Crippen molar-refractivity contribution in [1.82, 2.24) is 19.7 Å². The minimum atomic E-state index is -1.13. The SMILES string of the molecule is CNc1nc(Nc2cn(C)nc2C(=O)O)ncc1Cl. The smallest absolute Gasteiger partial charge is 0.358 e. The number of nitrogens with zero attached hydrogens (tertiary/aromatic N) is 4. The summed E-state index contributed by atoms with van der Waals surface area (Å²) in [5, 5.41) is 18.8. The van der Waals surface area contributed by atoms with Crippen LogP contribution >= 0.6 is 11.6 Å². The number of aryl methyl sites for hydroxylation is 1. The van der Waals surface area contributed by atoms with Crippen molar-refractivity contribution in [3.8, 4) is 0 Å². The molecule has 0 spiro atoms. The Morgan fingerprint density at radius 1 is 1.53 bits per heavy atom. The lowest BCUT2D eigenvalue weighted by Gasteiger charge is -2.06. The molecular formula is C10H11ClN6O2. The Bertz CT molecular complexity index is 626. The van der Waals surface area contributed by atoms with E-state index >= 15 is 0 Å². The van der Waals surface area contributed by atoms with Gasteiger partial charge in [-0.1, -0.05) is 11.6 Å². The van der Waals surface area contributed by atoms with E-state index in [4.69, 9.17) is 16.7 Å². The third kappa shape index (κ3) is 2.74. The second-order valence-electron chi connectivity index (χ2n) is 3.64. The maximum Gasteiger partial charge on any atom is 0.358 e. The summed E-state index contributed by atoms with van der Waals surface area (Å²) in [6.45, 7) is 0. The van der Waals surface area contributed by atoms with Crippen LogP contribution in [0.15, 0.2) is 12.4 Å². The Morgan fingerprint density at radius 3 is 2.89 bits per heavy atom. The molecule has 100 valence electrons. The Labute approximate surface area is 113 Å². The van der Waals surface area contributed by atoms with Gasteiger partial charge >= 0.3 is 5.97 Å². The van der Waals surface area contributed by atoms with Gasteiger partial charge in [-0.2, -0.15) is 10.1 Å². The molecule has 2 rings (SSSR count). The quantitative estimate of drug-likeness (QED) is 0.777. The maximum absolute atomic E-state index is 11.0. The summed E-state index contributed by atoms with van der Waals surface area (Å²) in [5.41, 5.74) is 0.200. The lowest BCUT2D eigenvalue weighted by molar-refractivity contribution is 0.0690. The van der Waals surface area contributed by atoms with E-state index in [-0.39, 0.29) is 11.6 Å². The standard InChI is InChI=1S/C10H11ClN6O2/c1-12-8-5(11)3-13-10(15-8)14-6-4-17(2)16-7(6)9(18)19/h3-4H,1-2H3,(H,18,19)(H2,12,13,14,15). The first kappa shape index (κ1) is 13.1. The van der Waals surface area contributed by atoms with Gasteiger partial charge in [-0.25, -0.2) is 9.78 Å². The van der Waals surface area contributed by atoms with Crippen LogP contribution in [-0.4, -0.2) is 37.9 Å². The lowest BCUT2D eigenvalue weighted by Crippen LogP contribution is -2.05. The number of carbonyl (C=O) groups is 1. The zero-order valence-electron chi connectivity index (χ0n) is 10.2. The van der Waals surface area contributed by atoms with E-state index in [0.29, 0.717) is 16.5 Å². The summed E-state index contributed by atoms with van der Waals surface area (Å²) in [6.07, 6.45) is 2.94. The Hall–Kier alpha value is -2.35. The molecule has 2 aromatic heterocycles. The van der Waals surface area contributed by atoms with Crippen LogP contribution in [0.4, 0.5) is 17.5 Å². The number of rotatable bonds is 4. The van der Waals surface area contributed by atoms with Gasteiger partial charge in [0.1, 0.15) is 10.8 Å². The highest BCUT2D eigenvalue weighted by Crippen LogP contribution is 2.22. The number of aromatic nitrogens is 4. The predicted molar refractivity (Wildman–Crippen MR) is 70.0 cm³/mol. The van der Waals surface area contributed by atoms with Crippen molar-refractivity contribution in [2.75, 3.05) is 17.7 Å². The van der Waals surface area contributed by atoms with E-state index in [2.05, 4.69) is 25.7 Å². The third-order valence-corrected chi connectivity index (χ3v) is 2.54. The normalized spacial score (nSPS) is 10.3. The highest BCUT2D eigenvalue weighted by molar-refractivity contribution is 6.32. The summed E-state index contributed by atoms with van der Waals surface area (Å²) in [6, 6.07) is 0. The van der Waals surface area contributed by atoms with Crippen molar-refractivity contribution < 1.29 is 9.90 Å². The minimum absolute atomic E-state index is 0.105. The van der Waals surface area contributed by atoms with Crippen LogP contribution in [0, 0.1) is 0 Å². The van der Waals surface area contributed by atoms with Crippen LogP contribution < -0.4 is 10.6 Å². The fourth-order valence-corrected chi connectivity index (χ4v) is 1.65. The number of hydrogen-bond donors (Lipinski definition) is 3. The largest absolute Gasteiger partial charge is 0.476 e. The molecule has 0 saturated carbocycles. The first-order valence-electron chi connectivity index (χ1n) is 5.25. The van der Waals surface area contributed by atoms with Gasteiger partial charge in [-0.15, -0.1) is 0 Å². The van der Waals surface area contributed by atoms with E-state index in [1.165, 1.54) is 17.1 Å². The summed E-state index contributed by atoms with van der Waals surface area (Å²) in [5.74, 6) is -0.463. The van der Waals surface area contributed by atoms with Crippen molar-refractivity contribution in [3.63, 3.8) is 0 Å². The van der Waals surface area contributed by atoms with Crippen LogP contribution in [0.5, 0.6) is 0 Å². The number of halogens is 1. The van der Waals surface area contributed by atoms with E-state index in [9.17, 15) is 4.79 Å². The molecule has 0 saturated heterocycles. The molecule has 19 heavy (non-hydrogen) atoms. The predicted octanol–water partition coefficient (Wildman–Crippen LogP) is 1.35. The number of nitrogens with one attached hydrogen (secondary N) is 2. The summed E-state index contributed by atoms with van der Waals surface area (Å²) in [4.78, 5) is 19.1. The average Bonchev–Trinajstić information content (AvgIpc) is 2.73. The molecule has 0 aliphatic heterocycles. The highest BCUT2D eigenvalue weighted by Gasteiger charge is 2.16. The van der Waals surface area contributed by atoms with Crippen molar-refractivity contribution in [2.24, 2.45) is 7.05 Å². The maximum atomic E-state index is 11.0. The zero-order chi connectivity index (χ0) is 14.0. The monoisotopic (exact) mass is 282 g/mol. The van der Waals surface area contributed by atoms with Crippen molar-refractivity contribution >= 4 is 35.0 Å². The molecule has 0 aliphatic carbocycles. The van der Waals surface area contributed by atoms with Crippen molar-refractivity contribution in [1.29, 1.82) is 0 Å². The lowest BCUT2D eigenvalue weighted by atomic mass is 10.4. The van der Waals surface area contributed by atoms with E-state index in [0.717, 1.165) is 0 Å². The van der Waals surface area contributed by atoms with Crippen molar-refractivity contribution in [2.45, 2.75) is 0 Å². The average molecular weight is 283 g/mol. The van der Waals surface area contributed by atoms with Gasteiger partial charge in [0.05, 0.1) is 11.9 Å². The molecule has 0 aliphatic rings. The fraction of sp³-hybridized carbons (Fsp3) is 0.200. The topological polar surface area (TPSA) is 105 Å². The molecule has 3 N–H and O–H groups in total. The van der Waals surface area contributed by atoms with Gasteiger partial charge in [0.2, 0.25) is 5.95 Å². The summed E-state index contributed by atoms with van der Waals surface area (Å²) >= 11 is 5.86. The molecule has 0 atom stereocenters. The molecule has 0 bridgehead atoms. The fourth-order valence-electron chi connectivity index (χ4n) is 1.46. The van der Waals surface area contributed by atoms with Gasteiger partial charge in [0.25, 0.3) is 0 Å². The molecule has 2 aromatic rings. The molecule has 2 heterocycles. The number of anilines is 3. The summed E-state index contributed by atoms with van der Waals surface area (Å²) in [7, 11) is 3.30. The van der Waals surface area contributed by atoms with Crippen LogP contribution in [0.3, 0.4) is 0 Å². The molecule has 0 unspecified atom stereocenters. The molecule has 9 heteroatoms. The van der Waals surface area contributed by atoms with E-state index < -0.39 is 5.97 Å². The number of carboxylic acid groups (broad SMARTS) is 1. The summed E-state index contributed by atoms with van der Waals surface area (Å²) < 4.78 is 1.39.